The van der Waals surface area contributed by atoms with Crippen molar-refractivity contribution >= 4 is 29.2 Å². The Morgan fingerprint density at radius 2 is 1.72 bits per heavy atom. The highest BCUT2D eigenvalue weighted by atomic mass is 16.6. The molecule has 4 heterocycles. The van der Waals surface area contributed by atoms with Gasteiger partial charge in [0.25, 0.3) is 5.91 Å². The van der Waals surface area contributed by atoms with Crippen LogP contribution in [0.1, 0.15) is 60.3 Å². The van der Waals surface area contributed by atoms with E-state index in [1.54, 1.807) is 4.90 Å². The van der Waals surface area contributed by atoms with Crippen molar-refractivity contribution in [2.45, 2.75) is 83.6 Å². The lowest BCUT2D eigenvalue weighted by Gasteiger charge is -2.40. The molecule has 43 heavy (non-hydrogen) atoms. The van der Waals surface area contributed by atoms with Crippen molar-refractivity contribution in [1.82, 2.24) is 4.90 Å². The fourth-order valence-electron chi connectivity index (χ4n) is 7.61. The van der Waals surface area contributed by atoms with Crippen LogP contribution in [-0.4, -0.2) is 83.9 Å². The minimum atomic E-state index is -1.40. The quantitative estimate of drug-likeness (QED) is 0.358. The van der Waals surface area contributed by atoms with Gasteiger partial charge >= 0.3 is 5.97 Å². The van der Waals surface area contributed by atoms with Gasteiger partial charge in [-0.2, -0.15) is 0 Å². The van der Waals surface area contributed by atoms with Crippen LogP contribution in [0.25, 0.3) is 0 Å². The number of nitrogens with zero attached hydrogens (tertiary/aromatic N) is 3. The summed E-state index contributed by atoms with van der Waals surface area (Å²) in [5.74, 6) is -2.86. The summed E-state index contributed by atoms with van der Waals surface area (Å²) in [6.45, 7) is 12.1. The van der Waals surface area contributed by atoms with Gasteiger partial charge in [-0.05, 0) is 76.6 Å². The molecule has 0 saturated carbocycles. The van der Waals surface area contributed by atoms with Crippen LogP contribution in [0.4, 0.5) is 11.4 Å². The summed E-state index contributed by atoms with van der Waals surface area (Å²) < 4.78 is 12.6. The zero-order valence-corrected chi connectivity index (χ0v) is 26.2. The molecule has 1 aromatic rings. The molecule has 1 spiro atoms. The van der Waals surface area contributed by atoms with E-state index in [0.29, 0.717) is 12.1 Å². The molecule has 9 nitrogen and oxygen atoms in total. The van der Waals surface area contributed by atoms with Gasteiger partial charge in [0.2, 0.25) is 5.91 Å². The van der Waals surface area contributed by atoms with E-state index in [1.165, 1.54) is 4.90 Å². The monoisotopic (exact) mass is 593 g/mol. The number of cyclic esters (lactones) is 1. The van der Waals surface area contributed by atoms with Crippen molar-refractivity contribution in [3.8, 4) is 0 Å². The SMILES string of the molecule is CCN(CC)c1ccc(N2CC=C[C@]34O[C@]5(C)/C=C\CCCCOC(=O)[C@@H]5[C@H]3C(=O)N([C@@H](CO)CC(C)C)C4C2=O)cc1. The van der Waals surface area contributed by atoms with Gasteiger partial charge in [-0.25, -0.2) is 0 Å². The molecule has 0 bridgehead atoms. The molecule has 0 radical (unpaired) electrons. The molecule has 0 aromatic heterocycles. The number of aliphatic hydroxyl groups is 1. The minimum Gasteiger partial charge on any atom is -0.465 e. The van der Waals surface area contributed by atoms with E-state index in [1.807, 2.05) is 69.3 Å². The Balaban J connectivity index is 1.62. The Morgan fingerprint density at radius 3 is 2.37 bits per heavy atom. The molecule has 9 heteroatoms. The van der Waals surface area contributed by atoms with Gasteiger partial charge in [-0.15, -0.1) is 0 Å². The number of allylic oxidation sites excluding steroid dienone is 1. The number of esters is 1. The normalized spacial score (nSPS) is 32.2. The molecule has 2 amide bonds. The fraction of sp³-hybridized carbons (Fsp3) is 0.618. The van der Waals surface area contributed by atoms with Gasteiger partial charge in [0.15, 0.2) is 0 Å². The first-order chi connectivity index (χ1) is 20.6. The third kappa shape index (κ3) is 5.39. The van der Waals surface area contributed by atoms with E-state index in [9.17, 15) is 19.5 Å². The molecule has 1 unspecified atom stereocenters. The molecule has 1 N–H and O–H groups in total. The number of fused-ring (bicyclic) bond motifs is 2. The summed E-state index contributed by atoms with van der Waals surface area (Å²) in [6, 6.07) is 6.23. The molecule has 2 fully saturated rings. The van der Waals surface area contributed by atoms with E-state index in [4.69, 9.17) is 9.47 Å². The predicted octanol–water partition coefficient (Wildman–Crippen LogP) is 4.10. The molecule has 6 atom stereocenters. The molecule has 1 aromatic carbocycles. The lowest BCUT2D eigenvalue weighted by Crippen LogP contribution is -2.59. The van der Waals surface area contributed by atoms with Crippen LogP contribution >= 0.6 is 0 Å². The van der Waals surface area contributed by atoms with Crippen molar-refractivity contribution < 1.29 is 29.0 Å². The minimum absolute atomic E-state index is 0.161. The average Bonchev–Trinajstić information content (AvgIpc) is 3.32. The van der Waals surface area contributed by atoms with Gasteiger partial charge in [-0.1, -0.05) is 38.2 Å². The number of carbonyl (C=O) groups is 3. The fourth-order valence-corrected chi connectivity index (χ4v) is 7.61. The van der Waals surface area contributed by atoms with Crippen LogP contribution < -0.4 is 9.80 Å². The molecule has 4 aliphatic heterocycles. The van der Waals surface area contributed by atoms with Gasteiger partial charge in [0, 0.05) is 31.0 Å². The number of likely N-dealkylation sites (tertiary alicyclic amines) is 1. The highest BCUT2D eigenvalue weighted by molar-refractivity contribution is 6.05. The second kappa shape index (κ2) is 12.4. The molecular weight excluding hydrogens is 546 g/mol. The summed E-state index contributed by atoms with van der Waals surface area (Å²) in [5.41, 5.74) is -0.758. The third-order valence-corrected chi connectivity index (χ3v) is 9.58. The Labute approximate surface area is 255 Å². The molecule has 4 aliphatic rings. The summed E-state index contributed by atoms with van der Waals surface area (Å²) in [6.07, 6.45) is 10.5. The predicted molar refractivity (Wildman–Crippen MR) is 166 cm³/mol. The summed E-state index contributed by atoms with van der Waals surface area (Å²) >= 11 is 0. The van der Waals surface area contributed by atoms with Gasteiger partial charge in [-0.3, -0.25) is 14.4 Å². The second-order valence-electron chi connectivity index (χ2n) is 12.8. The van der Waals surface area contributed by atoms with Crippen molar-refractivity contribution in [3.63, 3.8) is 0 Å². The zero-order chi connectivity index (χ0) is 30.9. The number of anilines is 2. The van der Waals surface area contributed by atoms with Crippen molar-refractivity contribution in [3.05, 3.63) is 48.6 Å². The van der Waals surface area contributed by atoms with E-state index >= 15 is 0 Å². The first-order valence-corrected chi connectivity index (χ1v) is 15.9. The first-order valence-electron chi connectivity index (χ1n) is 15.9. The average molecular weight is 594 g/mol. The summed E-state index contributed by atoms with van der Waals surface area (Å²) in [4.78, 5) is 48.6. The highest BCUT2D eigenvalue weighted by Crippen LogP contribution is 2.57. The number of carbonyl (C=O) groups excluding carboxylic acids is 3. The topological polar surface area (TPSA) is 99.6 Å². The van der Waals surface area contributed by atoms with Crippen LogP contribution in [0.15, 0.2) is 48.6 Å². The van der Waals surface area contributed by atoms with Crippen LogP contribution in [0, 0.1) is 17.8 Å². The van der Waals surface area contributed by atoms with Crippen LogP contribution in [-0.2, 0) is 23.9 Å². The highest BCUT2D eigenvalue weighted by Gasteiger charge is 2.75. The van der Waals surface area contributed by atoms with Crippen LogP contribution in [0.3, 0.4) is 0 Å². The lowest BCUT2D eigenvalue weighted by atomic mass is 9.74. The third-order valence-electron chi connectivity index (χ3n) is 9.58. The number of amides is 2. The standard InChI is InChI=1S/C34H47N3O6/c1-6-35(7-2)24-13-15-25(16-14-24)36-19-12-18-34-27(28-32(41)42-20-11-9-8-10-17-33(28,5)43-34)30(39)37(29(34)31(36)40)26(22-38)21-23(3)4/h10,12-18,23,26-29,38H,6-9,11,19-22H2,1-5H3/b17-10-/t26-,27+,28+,29?,33-,34+/m1/s1. The maximum Gasteiger partial charge on any atom is 0.313 e. The van der Waals surface area contributed by atoms with E-state index in [0.717, 1.165) is 38.0 Å². The lowest BCUT2D eigenvalue weighted by molar-refractivity contribution is -0.160. The Bertz CT molecular complexity index is 1260. The number of hydrogen-bond donors (Lipinski definition) is 1. The van der Waals surface area contributed by atoms with Gasteiger partial charge < -0.3 is 29.3 Å². The molecule has 5 rings (SSSR count). The van der Waals surface area contributed by atoms with E-state index in [-0.39, 0.29) is 37.5 Å². The maximum atomic E-state index is 14.8. The van der Waals surface area contributed by atoms with Gasteiger partial charge in [0.05, 0.1) is 30.8 Å². The number of aliphatic hydroxyl groups excluding tert-OH is 1. The largest absolute Gasteiger partial charge is 0.465 e. The second-order valence-corrected chi connectivity index (χ2v) is 12.8. The van der Waals surface area contributed by atoms with Crippen LogP contribution in [0.5, 0.6) is 0 Å². The Morgan fingerprint density at radius 1 is 1.00 bits per heavy atom. The number of benzene rings is 1. The summed E-state index contributed by atoms with van der Waals surface area (Å²) in [5, 5.41) is 10.6. The molecule has 0 aliphatic carbocycles. The van der Waals surface area contributed by atoms with E-state index in [2.05, 4.69) is 18.7 Å². The molecule has 234 valence electrons. The smallest absolute Gasteiger partial charge is 0.313 e. The number of hydrogen-bond acceptors (Lipinski definition) is 7. The first kappa shape index (κ1) is 31.3. The van der Waals surface area contributed by atoms with Crippen molar-refractivity contribution in [2.24, 2.45) is 17.8 Å². The molecule has 2 saturated heterocycles. The Kier molecular flexibility index (Phi) is 9.05. The van der Waals surface area contributed by atoms with Crippen molar-refractivity contribution in [2.75, 3.05) is 42.6 Å². The molecular formula is C34H47N3O6. The van der Waals surface area contributed by atoms with Gasteiger partial charge in [0.1, 0.15) is 17.6 Å². The number of rotatable bonds is 8. The summed E-state index contributed by atoms with van der Waals surface area (Å²) in [7, 11) is 0. The van der Waals surface area contributed by atoms with Crippen molar-refractivity contribution in [1.29, 1.82) is 0 Å². The van der Waals surface area contributed by atoms with E-state index < -0.39 is 41.1 Å². The van der Waals surface area contributed by atoms with Crippen LogP contribution in [0.2, 0.25) is 0 Å². The zero-order valence-electron chi connectivity index (χ0n) is 26.2. The maximum absolute atomic E-state index is 14.8. The number of ether oxygens (including phenoxy) is 2. The Hall–Kier alpha value is -3.17.